The minimum atomic E-state index is -0.232. The lowest BCUT2D eigenvalue weighted by Gasteiger charge is -2.09. The number of ether oxygens (including phenoxy) is 1. The molecule has 0 unspecified atom stereocenters. The molecule has 140 valence electrons. The smallest absolute Gasteiger partial charge is 0.261 e. The van der Waals surface area contributed by atoms with Crippen LogP contribution < -0.4 is 10.1 Å². The highest BCUT2D eigenvalue weighted by molar-refractivity contribution is 7.98. The molecule has 4 nitrogen and oxygen atoms in total. The second-order valence-electron chi connectivity index (χ2n) is 6.12. The summed E-state index contributed by atoms with van der Waals surface area (Å²) in [4.78, 5) is 18.3. The molecule has 0 radical (unpaired) electrons. The van der Waals surface area contributed by atoms with Crippen LogP contribution >= 0.6 is 23.1 Å². The first-order chi connectivity index (χ1) is 13.7. The molecule has 4 rings (SSSR count). The van der Waals surface area contributed by atoms with E-state index in [1.165, 1.54) is 16.7 Å². The third kappa shape index (κ3) is 3.74. The van der Waals surface area contributed by atoms with Gasteiger partial charge in [0.2, 0.25) is 0 Å². The molecule has 1 aromatic heterocycles. The zero-order valence-electron chi connectivity index (χ0n) is 15.4. The van der Waals surface area contributed by atoms with Crippen molar-refractivity contribution in [3.05, 3.63) is 71.6 Å². The summed E-state index contributed by atoms with van der Waals surface area (Å²) in [5, 5.41) is 7.75. The average Bonchev–Trinajstić information content (AvgIpc) is 3.21. The summed E-state index contributed by atoms with van der Waals surface area (Å²) in [6.07, 6.45) is 1.98. The van der Waals surface area contributed by atoms with E-state index in [0.29, 0.717) is 16.4 Å². The van der Waals surface area contributed by atoms with Crippen LogP contribution in [0.2, 0.25) is 0 Å². The Kier molecular flexibility index (Phi) is 5.32. The predicted octanol–water partition coefficient (Wildman–Crippen LogP) is 5.95. The van der Waals surface area contributed by atoms with Gasteiger partial charge in [-0.3, -0.25) is 10.1 Å². The molecular formula is C22H18N2O2S2. The normalized spacial score (nSPS) is 10.8. The minimum Gasteiger partial charge on any atom is -0.496 e. The Labute approximate surface area is 171 Å². The molecule has 0 fully saturated rings. The third-order valence-corrected chi connectivity index (χ3v) is 5.91. The molecule has 0 aliphatic rings. The maximum atomic E-state index is 12.7. The van der Waals surface area contributed by atoms with Crippen molar-refractivity contribution in [3.63, 3.8) is 0 Å². The van der Waals surface area contributed by atoms with Crippen molar-refractivity contribution in [2.45, 2.75) is 4.90 Å². The van der Waals surface area contributed by atoms with Crippen molar-refractivity contribution in [1.82, 2.24) is 4.98 Å². The lowest BCUT2D eigenvalue weighted by Crippen LogP contribution is -2.13. The van der Waals surface area contributed by atoms with Crippen LogP contribution in [0, 0.1) is 0 Å². The van der Waals surface area contributed by atoms with E-state index in [1.807, 2.05) is 42.0 Å². The maximum Gasteiger partial charge on any atom is 0.261 e. The van der Waals surface area contributed by atoms with Gasteiger partial charge in [-0.25, -0.2) is 4.98 Å². The van der Waals surface area contributed by atoms with Gasteiger partial charge in [-0.15, -0.1) is 23.1 Å². The van der Waals surface area contributed by atoms with E-state index in [1.54, 1.807) is 24.9 Å². The lowest BCUT2D eigenvalue weighted by molar-refractivity contribution is 0.102. The first-order valence-corrected chi connectivity index (χ1v) is 10.8. The molecule has 1 N–H and O–H groups in total. The Morgan fingerprint density at radius 2 is 1.89 bits per heavy atom. The zero-order valence-corrected chi connectivity index (χ0v) is 17.1. The van der Waals surface area contributed by atoms with Gasteiger partial charge in [-0.1, -0.05) is 36.4 Å². The van der Waals surface area contributed by atoms with Gasteiger partial charge in [0.05, 0.1) is 18.4 Å². The van der Waals surface area contributed by atoms with Crippen molar-refractivity contribution in [1.29, 1.82) is 0 Å². The number of aromatic nitrogens is 1. The average molecular weight is 407 g/mol. The van der Waals surface area contributed by atoms with Gasteiger partial charge in [0.15, 0.2) is 5.13 Å². The van der Waals surface area contributed by atoms with Crippen LogP contribution in [0.15, 0.2) is 70.9 Å². The van der Waals surface area contributed by atoms with E-state index < -0.39 is 0 Å². The van der Waals surface area contributed by atoms with Gasteiger partial charge in [0.1, 0.15) is 5.75 Å². The fraction of sp³-hybridized carbons (Fsp3) is 0.0909. The van der Waals surface area contributed by atoms with Crippen molar-refractivity contribution >= 4 is 44.9 Å². The topological polar surface area (TPSA) is 51.2 Å². The summed E-state index contributed by atoms with van der Waals surface area (Å²) in [5.41, 5.74) is 2.36. The molecule has 6 heteroatoms. The Morgan fingerprint density at radius 1 is 1.07 bits per heavy atom. The Bertz CT molecular complexity index is 1150. The second-order valence-corrected chi connectivity index (χ2v) is 7.86. The van der Waals surface area contributed by atoms with Gasteiger partial charge in [-0.05, 0) is 41.3 Å². The van der Waals surface area contributed by atoms with Crippen molar-refractivity contribution in [2.24, 2.45) is 0 Å². The molecule has 0 bridgehead atoms. The summed E-state index contributed by atoms with van der Waals surface area (Å²) in [6.45, 7) is 0. The number of rotatable bonds is 5. The Morgan fingerprint density at radius 3 is 2.68 bits per heavy atom. The fourth-order valence-corrected chi connectivity index (χ4v) is 4.11. The number of thiazole rings is 1. The van der Waals surface area contributed by atoms with E-state index in [0.717, 1.165) is 21.5 Å². The number of hydrogen-bond donors (Lipinski definition) is 1. The van der Waals surface area contributed by atoms with Crippen molar-refractivity contribution in [2.75, 3.05) is 18.7 Å². The van der Waals surface area contributed by atoms with Crippen molar-refractivity contribution in [3.8, 4) is 17.0 Å². The number of fused-ring (bicyclic) bond motifs is 1. The fourth-order valence-electron chi connectivity index (χ4n) is 2.96. The summed E-state index contributed by atoms with van der Waals surface area (Å²) in [5.74, 6) is 0.319. The van der Waals surface area contributed by atoms with E-state index >= 15 is 0 Å². The molecule has 0 spiro atoms. The number of benzene rings is 3. The van der Waals surface area contributed by atoms with E-state index in [9.17, 15) is 4.79 Å². The first-order valence-electron chi connectivity index (χ1n) is 8.66. The van der Waals surface area contributed by atoms with E-state index in [-0.39, 0.29) is 5.91 Å². The molecule has 0 aliphatic heterocycles. The van der Waals surface area contributed by atoms with Crippen molar-refractivity contribution < 1.29 is 9.53 Å². The summed E-state index contributed by atoms with van der Waals surface area (Å²) < 4.78 is 5.37. The van der Waals surface area contributed by atoms with Crippen LogP contribution in [0.5, 0.6) is 5.75 Å². The van der Waals surface area contributed by atoms with Gasteiger partial charge < -0.3 is 4.74 Å². The summed E-state index contributed by atoms with van der Waals surface area (Å²) >= 11 is 3.01. The molecule has 1 heterocycles. The number of nitrogens with zero attached hydrogens (tertiary/aromatic N) is 1. The lowest BCUT2D eigenvalue weighted by atomic mass is 10.1. The SMILES string of the molecule is COc1cc(SC)ccc1C(=O)Nc1nc(-c2ccc3ccccc3c2)cs1. The van der Waals surface area contributed by atoms with Crippen LogP contribution in [0.4, 0.5) is 5.13 Å². The highest BCUT2D eigenvalue weighted by Gasteiger charge is 2.15. The number of carbonyl (C=O) groups excluding carboxylic acids is 1. The number of anilines is 1. The molecule has 3 aromatic carbocycles. The first kappa shape index (κ1) is 18.5. The zero-order chi connectivity index (χ0) is 19.5. The Hall–Kier alpha value is -2.83. The minimum absolute atomic E-state index is 0.232. The molecule has 0 aliphatic carbocycles. The number of methoxy groups -OCH3 is 1. The molecule has 1 amide bonds. The number of nitrogens with one attached hydrogen (secondary N) is 1. The number of carbonyl (C=O) groups is 1. The van der Waals surface area contributed by atoms with Gasteiger partial charge in [-0.2, -0.15) is 0 Å². The number of hydrogen-bond acceptors (Lipinski definition) is 5. The quantitative estimate of drug-likeness (QED) is 0.416. The monoisotopic (exact) mass is 406 g/mol. The molecule has 0 atom stereocenters. The van der Waals surface area contributed by atoms with Crippen LogP contribution in [0.1, 0.15) is 10.4 Å². The largest absolute Gasteiger partial charge is 0.496 e. The molecular weight excluding hydrogens is 388 g/mol. The van der Waals surface area contributed by atoms with Gasteiger partial charge in [0, 0.05) is 15.8 Å². The summed E-state index contributed by atoms with van der Waals surface area (Å²) in [6, 6.07) is 20.0. The highest BCUT2D eigenvalue weighted by atomic mass is 32.2. The van der Waals surface area contributed by atoms with Crippen LogP contribution in [0.25, 0.3) is 22.0 Å². The van der Waals surface area contributed by atoms with Gasteiger partial charge in [0.25, 0.3) is 5.91 Å². The van der Waals surface area contributed by atoms with Gasteiger partial charge >= 0.3 is 0 Å². The third-order valence-electron chi connectivity index (χ3n) is 4.42. The second kappa shape index (κ2) is 8.04. The highest BCUT2D eigenvalue weighted by Crippen LogP contribution is 2.29. The molecule has 0 saturated carbocycles. The molecule has 4 aromatic rings. The number of amides is 1. The van der Waals surface area contributed by atoms with Crippen LogP contribution in [-0.4, -0.2) is 24.3 Å². The molecule has 0 saturated heterocycles. The standard InChI is InChI=1S/C22H18N2O2S2/c1-26-20-12-17(27-2)9-10-18(20)21(25)24-22-23-19(13-28-22)16-8-7-14-5-3-4-6-15(14)11-16/h3-13H,1-2H3,(H,23,24,25). The number of thioether (sulfide) groups is 1. The summed E-state index contributed by atoms with van der Waals surface area (Å²) in [7, 11) is 1.57. The van der Waals surface area contributed by atoms with E-state index in [4.69, 9.17) is 4.74 Å². The maximum absolute atomic E-state index is 12.7. The Balaban J connectivity index is 1.57. The van der Waals surface area contributed by atoms with Crippen LogP contribution in [0.3, 0.4) is 0 Å². The predicted molar refractivity (Wildman–Crippen MR) is 118 cm³/mol. The van der Waals surface area contributed by atoms with Crippen LogP contribution in [-0.2, 0) is 0 Å². The van der Waals surface area contributed by atoms with E-state index in [2.05, 4.69) is 34.6 Å². The molecule has 28 heavy (non-hydrogen) atoms.